The third kappa shape index (κ3) is 2.70. The summed E-state index contributed by atoms with van der Waals surface area (Å²) >= 11 is 1.50. The minimum Gasteiger partial charge on any atom is -0.480 e. The Hall–Kier alpha value is -1.63. The maximum absolute atomic E-state index is 12.4. The Morgan fingerprint density at radius 2 is 2.37 bits per heavy atom. The summed E-state index contributed by atoms with van der Waals surface area (Å²) in [6.45, 7) is 2.31. The van der Waals surface area contributed by atoms with Crippen LogP contribution in [-0.2, 0) is 9.59 Å². The van der Waals surface area contributed by atoms with Crippen molar-refractivity contribution in [3.63, 3.8) is 0 Å². The molecule has 1 aliphatic heterocycles. The van der Waals surface area contributed by atoms with Gasteiger partial charge in [0.2, 0.25) is 5.91 Å². The van der Waals surface area contributed by atoms with E-state index in [0.717, 1.165) is 24.5 Å². The monoisotopic (exact) mass is 283 g/mol. The first-order valence-electron chi connectivity index (χ1n) is 6.18. The number of hydrogen-bond acceptors (Lipinski definition) is 5. The van der Waals surface area contributed by atoms with Gasteiger partial charge in [-0.05, 0) is 19.8 Å². The second kappa shape index (κ2) is 5.56. The van der Waals surface area contributed by atoms with Gasteiger partial charge in [0.15, 0.2) is 5.13 Å². The topological polar surface area (TPSA) is 73.7 Å². The number of carbonyl (C=O) groups is 2. The summed E-state index contributed by atoms with van der Waals surface area (Å²) in [5.41, 5.74) is 0. The van der Waals surface area contributed by atoms with Gasteiger partial charge in [-0.25, -0.2) is 9.78 Å². The normalized spacial score (nSPS) is 20.3. The van der Waals surface area contributed by atoms with E-state index in [4.69, 9.17) is 5.11 Å². The molecule has 1 aliphatic rings. The van der Waals surface area contributed by atoms with Crippen molar-refractivity contribution >= 4 is 28.3 Å². The van der Waals surface area contributed by atoms with E-state index in [1.165, 1.54) is 23.2 Å². The van der Waals surface area contributed by atoms with Gasteiger partial charge < -0.3 is 14.9 Å². The van der Waals surface area contributed by atoms with Gasteiger partial charge in [0.05, 0.1) is 0 Å². The predicted molar refractivity (Wildman–Crippen MR) is 72.3 cm³/mol. The first-order valence-corrected chi connectivity index (χ1v) is 7.06. The molecule has 2 heterocycles. The van der Waals surface area contributed by atoms with Crippen LogP contribution in [0.1, 0.15) is 19.8 Å². The van der Waals surface area contributed by atoms with Crippen molar-refractivity contribution in [3.05, 3.63) is 11.6 Å². The minimum atomic E-state index is -0.991. The molecule has 1 N–H and O–H groups in total. The molecule has 7 heteroatoms. The number of carboxylic acids is 1. The number of nitrogens with zero attached hydrogens (tertiary/aromatic N) is 3. The number of aromatic nitrogens is 1. The summed E-state index contributed by atoms with van der Waals surface area (Å²) < 4.78 is 0. The fourth-order valence-corrected chi connectivity index (χ4v) is 2.92. The molecule has 6 nitrogen and oxygen atoms in total. The molecule has 2 rings (SSSR count). The number of aliphatic carboxylic acids is 1. The molecule has 1 aromatic heterocycles. The zero-order chi connectivity index (χ0) is 14.0. The first-order chi connectivity index (χ1) is 9.02. The largest absolute Gasteiger partial charge is 0.480 e. The molecule has 1 amide bonds. The van der Waals surface area contributed by atoms with Gasteiger partial charge in [-0.15, -0.1) is 11.3 Å². The van der Waals surface area contributed by atoms with Gasteiger partial charge in [0, 0.05) is 25.2 Å². The van der Waals surface area contributed by atoms with E-state index in [1.807, 2.05) is 10.3 Å². The van der Waals surface area contributed by atoms with Crippen molar-refractivity contribution in [1.29, 1.82) is 0 Å². The van der Waals surface area contributed by atoms with Crippen LogP contribution >= 0.6 is 11.3 Å². The summed E-state index contributed by atoms with van der Waals surface area (Å²) in [4.78, 5) is 30.8. The Kier molecular flexibility index (Phi) is 4.04. The summed E-state index contributed by atoms with van der Waals surface area (Å²) in [6.07, 6.45) is 3.38. The molecule has 0 bridgehead atoms. The van der Waals surface area contributed by atoms with Crippen LogP contribution in [0.15, 0.2) is 11.6 Å². The van der Waals surface area contributed by atoms with Gasteiger partial charge in [0.1, 0.15) is 12.1 Å². The molecule has 2 atom stereocenters. The number of rotatable bonds is 4. The van der Waals surface area contributed by atoms with E-state index in [0.29, 0.717) is 0 Å². The fourth-order valence-electron chi connectivity index (χ4n) is 2.20. The van der Waals surface area contributed by atoms with Crippen LogP contribution in [0.5, 0.6) is 0 Å². The lowest BCUT2D eigenvalue weighted by Crippen LogP contribution is -2.49. The van der Waals surface area contributed by atoms with Crippen molar-refractivity contribution in [3.8, 4) is 0 Å². The van der Waals surface area contributed by atoms with Gasteiger partial charge in [-0.2, -0.15) is 0 Å². The number of carboxylic acid groups (broad SMARTS) is 1. The number of amides is 1. The van der Waals surface area contributed by atoms with E-state index in [2.05, 4.69) is 4.98 Å². The molecular formula is C12H17N3O3S. The van der Waals surface area contributed by atoms with Crippen molar-refractivity contribution in [2.24, 2.45) is 0 Å². The van der Waals surface area contributed by atoms with E-state index >= 15 is 0 Å². The molecule has 1 aromatic rings. The standard InChI is InChI=1S/C12H17N3O3S/c1-8(11(17)18)14(2)10(16)9-4-3-6-15(9)12-13-5-7-19-12/h5,7-9H,3-4,6H2,1-2H3,(H,17,18). The molecule has 0 radical (unpaired) electrons. The molecule has 19 heavy (non-hydrogen) atoms. The highest BCUT2D eigenvalue weighted by Crippen LogP contribution is 2.28. The molecule has 0 aliphatic carbocycles. The Balaban J connectivity index is 2.12. The van der Waals surface area contributed by atoms with E-state index in [1.54, 1.807) is 13.2 Å². The van der Waals surface area contributed by atoms with Crippen LogP contribution in [0.25, 0.3) is 0 Å². The van der Waals surface area contributed by atoms with Gasteiger partial charge in [-0.1, -0.05) is 0 Å². The average molecular weight is 283 g/mol. The van der Waals surface area contributed by atoms with E-state index < -0.39 is 12.0 Å². The molecule has 0 spiro atoms. The summed E-state index contributed by atoms with van der Waals surface area (Å²) in [6, 6.07) is -1.11. The lowest BCUT2D eigenvalue weighted by molar-refractivity contribution is -0.148. The first kappa shape index (κ1) is 13.8. The zero-order valence-electron chi connectivity index (χ0n) is 10.9. The number of carbonyl (C=O) groups excluding carboxylic acids is 1. The average Bonchev–Trinajstić information content (AvgIpc) is 3.05. The second-order valence-corrected chi connectivity index (χ2v) is 5.50. The number of anilines is 1. The lowest BCUT2D eigenvalue weighted by atomic mass is 10.1. The van der Waals surface area contributed by atoms with Gasteiger partial charge in [0.25, 0.3) is 0 Å². The van der Waals surface area contributed by atoms with Crippen LogP contribution in [-0.4, -0.2) is 52.5 Å². The summed E-state index contributed by atoms with van der Waals surface area (Å²) in [5.74, 6) is -1.14. The van der Waals surface area contributed by atoms with Crippen LogP contribution in [0, 0.1) is 0 Å². The SMILES string of the molecule is CC(C(=O)O)N(C)C(=O)C1CCCN1c1nccs1. The molecule has 1 fully saturated rings. The lowest BCUT2D eigenvalue weighted by Gasteiger charge is -2.29. The van der Waals surface area contributed by atoms with E-state index in [9.17, 15) is 9.59 Å². The quantitative estimate of drug-likeness (QED) is 0.894. The number of likely N-dealkylation sites (N-methyl/N-ethyl adjacent to an activating group) is 1. The number of hydrogen-bond donors (Lipinski definition) is 1. The van der Waals surface area contributed by atoms with Crippen molar-refractivity contribution in [2.75, 3.05) is 18.5 Å². The summed E-state index contributed by atoms with van der Waals surface area (Å²) in [7, 11) is 1.54. The highest BCUT2D eigenvalue weighted by molar-refractivity contribution is 7.13. The molecular weight excluding hydrogens is 266 g/mol. The maximum atomic E-state index is 12.4. The third-order valence-electron chi connectivity index (χ3n) is 3.49. The summed E-state index contributed by atoms with van der Waals surface area (Å²) in [5, 5.41) is 11.7. The smallest absolute Gasteiger partial charge is 0.326 e. The Labute approximate surface area is 115 Å². The van der Waals surface area contributed by atoms with Gasteiger partial charge >= 0.3 is 5.97 Å². The molecule has 0 saturated carbocycles. The third-order valence-corrected chi connectivity index (χ3v) is 4.30. The van der Waals surface area contributed by atoms with Crippen LogP contribution in [0.3, 0.4) is 0 Å². The van der Waals surface area contributed by atoms with Crippen molar-refractivity contribution in [2.45, 2.75) is 31.8 Å². The Morgan fingerprint density at radius 3 is 2.95 bits per heavy atom. The molecule has 2 unspecified atom stereocenters. The van der Waals surface area contributed by atoms with Gasteiger partial charge in [-0.3, -0.25) is 4.79 Å². The van der Waals surface area contributed by atoms with Crippen LogP contribution < -0.4 is 4.90 Å². The predicted octanol–water partition coefficient (Wildman–Crippen LogP) is 1.04. The van der Waals surface area contributed by atoms with Crippen LogP contribution in [0.2, 0.25) is 0 Å². The van der Waals surface area contributed by atoms with Crippen molar-refractivity contribution < 1.29 is 14.7 Å². The minimum absolute atomic E-state index is 0.150. The second-order valence-electron chi connectivity index (χ2n) is 4.63. The Morgan fingerprint density at radius 1 is 1.63 bits per heavy atom. The number of thiazole rings is 1. The molecule has 104 valence electrons. The molecule has 1 saturated heterocycles. The zero-order valence-corrected chi connectivity index (χ0v) is 11.8. The highest BCUT2D eigenvalue weighted by Gasteiger charge is 2.36. The Bertz CT molecular complexity index is 463. The fraction of sp³-hybridized carbons (Fsp3) is 0.583. The maximum Gasteiger partial charge on any atom is 0.326 e. The molecule has 0 aromatic carbocycles. The highest BCUT2D eigenvalue weighted by atomic mass is 32.1. The van der Waals surface area contributed by atoms with E-state index in [-0.39, 0.29) is 11.9 Å². The van der Waals surface area contributed by atoms with Crippen molar-refractivity contribution in [1.82, 2.24) is 9.88 Å². The van der Waals surface area contributed by atoms with Crippen LogP contribution in [0.4, 0.5) is 5.13 Å².